The SMILES string of the molecule is CCC(COC(=O)c1cc(OC)c(OC)c(OC)c1)(c1ccccc1)N(C)C.CN(C)C(=O)C(CCN1CCC(O)(c2ccc(Cl)cc2)CC1)(c1ccccc1)c1ccccc1. The van der Waals surface area contributed by atoms with Crippen molar-refractivity contribution in [3.05, 3.63) is 160 Å². The van der Waals surface area contributed by atoms with E-state index < -0.39 is 22.5 Å². The van der Waals surface area contributed by atoms with Crippen LogP contribution in [0.25, 0.3) is 0 Å². The van der Waals surface area contributed by atoms with E-state index >= 15 is 0 Å². The van der Waals surface area contributed by atoms with E-state index in [-0.39, 0.29) is 12.5 Å². The molecule has 1 atom stereocenters. The van der Waals surface area contributed by atoms with Crippen LogP contribution < -0.4 is 14.2 Å². The van der Waals surface area contributed by atoms with Gasteiger partial charge in [0.05, 0.1) is 38.0 Å². The molecule has 1 fully saturated rings. The van der Waals surface area contributed by atoms with Crippen molar-refractivity contribution < 1.29 is 33.6 Å². The van der Waals surface area contributed by atoms with Crippen molar-refractivity contribution in [2.75, 3.05) is 75.8 Å². The van der Waals surface area contributed by atoms with Gasteiger partial charge in [-0.1, -0.05) is 122 Å². The summed E-state index contributed by atoms with van der Waals surface area (Å²) >= 11 is 6.03. The summed E-state index contributed by atoms with van der Waals surface area (Å²) in [5.74, 6) is 0.883. The van der Waals surface area contributed by atoms with Crippen LogP contribution in [0.4, 0.5) is 0 Å². The fourth-order valence-electron chi connectivity index (χ4n) is 8.47. The lowest BCUT2D eigenvalue weighted by atomic mass is 9.70. The number of carbonyl (C=O) groups excluding carboxylic acids is 2. The zero-order valence-corrected chi connectivity index (χ0v) is 38.2. The van der Waals surface area contributed by atoms with Gasteiger partial charge >= 0.3 is 5.97 Å². The Morgan fingerprint density at radius 2 is 1.21 bits per heavy atom. The third-order valence-electron chi connectivity index (χ3n) is 12.3. The van der Waals surface area contributed by atoms with Gasteiger partial charge in [0.1, 0.15) is 12.0 Å². The molecule has 0 bridgehead atoms. The second kappa shape index (κ2) is 21.6. The molecule has 10 nitrogen and oxygen atoms in total. The van der Waals surface area contributed by atoms with Gasteiger partial charge in [0.2, 0.25) is 11.7 Å². The van der Waals surface area contributed by atoms with Crippen LogP contribution in [0.1, 0.15) is 65.2 Å². The number of rotatable bonds is 16. The first-order chi connectivity index (χ1) is 29.8. The van der Waals surface area contributed by atoms with Gasteiger partial charge in [0.25, 0.3) is 0 Å². The minimum Gasteiger partial charge on any atom is -0.493 e. The molecule has 330 valence electrons. The number of nitrogens with zero attached hydrogens (tertiary/aromatic N) is 3. The molecule has 0 spiro atoms. The first-order valence-corrected chi connectivity index (χ1v) is 21.4. The zero-order valence-electron chi connectivity index (χ0n) is 37.4. The van der Waals surface area contributed by atoms with Crippen LogP contribution >= 0.6 is 11.6 Å². The number of likely N-dealkylation sites (tertiary alicyclic amines) is 1. The van der Waals surface area contributed by atoms with Gasteiger partial charge in [-0.05, 0) is 92.8 Å². The topological polar surface area (TPSA) is 101 Å². The van der Waals surface area contributed by atoms with Gasteiger partial charge in [-0.15, -0.1) is 0 Å². The van der Waals surface area contributed by atoms with E-state index in [1.807, 2.05) is 107 Å². The monoisotopic (exact) mass is 863 g/mol. The minimum atomic E-state index is -0.837. The van der Waals surface area contributed by atoms with Crippen molar-refractivity contribution >= 4 is 23.5 Å². The number of carbonyl (C=O) groups is 2. The summed E-state index contributed by atoms with van der Waals surface area (Å²) < 4.78 is 21.7. The Hall–Kier alpha value is -5.39. The molecule has 0 saturated carbocycles. The summed E-state index contributed by atoms with van der Waals surface area (Å²) in [7, 11) is 12.2. The number of ether oxygens (including phenoxy) is 4. The zero-order chi connectivity index (χ0) is 44.9. The standard InChI is InChI=1S/C29H33ClN2O2.C22H29NO5/c1-31(2)27(33)29(24-9-5-3-6-10-24,25-11-7-4-8-12-25)19-22-32-20-17-28(34,18-21-32)23-13-15-26(30)16-14-23;1-7-22(23(2)3,17-11-9-8-10-12-17)15-28-21(24)16-13-18(25-4)20(27-6)19(14-16)26-5/h3-16,34H,17-22H2,1-2H3;8-14H,7,15H2,1-6H3. The average Bonchev–Trinajstić information content (AvgIpc) is 3.30. The Balaban J connectivity index is 0.000000239. The number of benzene rings is 5. The highest BCUT2D eigenvalue weighted by Gasteiger charge is 2.44. The molecule has 5 aromatic carbocycles. The van der Waals surface area contributed by atoms with Gasteiger partial charge in [-0.2, -0.15) is 0 Å². The van der Waals surface area contributed by atoms with Crippen LogP contribution in [-0.4, -0.2) is 107 Å². The number of halogens is 1. The molecule has 1 saturated heterocycles. The number of likely N-dealkylation sites (N-methyl/N-ethyl adjacent to an activating group) is 2. The average molecular weight is 865 g/mol. The number of hydrogen-bond acceptors (Lipinski definition) is 9. The summed E-state index contributed by atoms with van der Waals surface area (Å²) in [6.45, 7) is 4.61. The van der Waals surface area contributed by atoms with Crippen molar-refractivity contribution in [1.82, 2.24) is 14.7 Å². The quantitative estimate of drug-likeness (QED) is 0.0976. The molecular weight excluding hydrogens is 802 g/mol. The first kappa shape index (κ1) is 47.7. The molecule has 62 heavy (non-hydrogen) atoms. The van der Waals surface area contributed by atoms with Gasteiger partial charge in [-0.3, -0.25) is 9.69 Å². The minimum absolute atomic E-state index is 0.0829. The molecular formula is C51H62ClN3O7. The molecule has 5 aromatic rings. The highest BCUT2D eigenvalue weighted by molar-refractivity contribution is 6.30. The Labute approximate surface area is 372 Å². The summed E-state index contributed by atoms with van der Waals surface area (Å²) in [5, 5.41) is 11.9. The molecule has 1 aliphatic rings. The second-order valence-electron chi connectivity index (χ2n) is 16.1. The number of hydrogen-bond donors (Lipinski definition) is 1. The number of methoxy groups -OCH3 is 3. The summed E-state index contributed by atoms with van der Waals surface area (Å²) in [6, 6.07) is 41.0. The van der Waals surface area contributed by atoms with Gasteiger partial charge in [0, 0.05) is 32.2 Å². The molecule has 6 rings (SSSR count). The van der Waals surface area contributed by atoms with Gasteiger partial charge < -0.3 is 33.9 Å². The van der Waals surface area contributed by atoms with Crippen LogP contribution in [0, 0.1) is 0 Å². The van der Waals surface area contributed by atoms with E-state index in [1.165, 1.54) is 21.3 Å². The van der Waals surface area contributed by atoms with Gasteiger partial charge in [0.15, 0.2) is 11.5 Å². The molecule has 0 aliphatic carbocycles. The Bertz CT molecular complexity index is 2110. The van der Waals surface area contributed by atoms with Crippen LogP contribution in [0.5, 0.6) is 17.2 Å². The molecule has 1 aliphatic heterocycles. The number of aliphatic hydroxyl groups is 1. The van der Waals surface area contributed by atoms with E-state index in [4.69, 9.17) is 30.5 Å². The fourth-order valence-corrected chi connectivity index (χ4v) is 8.59. The third-order valence-corrected chi connectivity index (χ3v) is 12.5. The van der Waals surface area contributed by atoms with Crippen molar-refractivity contribution in [3.63, 3.8) is 0 Å². The lowest BCUT2D eigenvalue weighted by molar-refractivity contribution is -0.133. The number of esters is 1. The molecule has 1 N–H and O–H groups in total. The number of amides is 1. The molecule has 0 radical (unpaired) electrons. The van der Waals surface area contributed by atoms with Crippen LogP contribution in [0.2, 0.25) is 5.02 Å². The first-order valence-electron chi connectivity index (χ1n) is 21.0. The predicted octanol–water partition coefficient (Wildman–Crippen LogP) is 8.82. The Kier molecular flexibility index (Phi) is 16.6. The molecule has 11 heteroatoms. The van der Waals surface area contributed by atoms with E-state index in [1.54, 1.807) is 17.0 Å². The summed E-state index contributed by atoms with van der Waals surface area (Å²) in [4.78, 5) is 32.8. The second-order valence-corrected chi connectivity index (χ2v) is 16.5. The molecule has 1 heterocycles. The van der Waals surface area contributed by atoms with Crippen molar-refractivity contribution in [2.45, 2.75) is 49.2 Å². The van der Waals surface area contributed by atoms with E-state index in [9.17, 15) is 14.7 Å². The largest absolute Gasteiger partial charge is 0.493 e. The van der Waals surface area contributed by atoms with Crippen molar-refractivity contribution in [1.29, 1.82) is 0 Å². The molecule has 1 amide bonds. The maximum absolute atomic E-state index is 13.8. The van der Waals surface area contributed by atoms with E-state index in [0.717, 1.165) is 48.3 Å². The van der Waals surface area contributed by atoms with Crippen molar-refractivity contribution in [2.24, 2.45) is 0 Å². The van der Waals surface area contributed by atoms with Crippen LogP contribution in [0.15, 0.2) is 127 Å². The highest BCUT2D eigenvalue weighted by Crippen LogP contribution is 2.41. The van der Waals surface area contributed by atoms with Crippen LogP contribution in [0.3, 0.4) is 0 Å². The summed E-state index contributed by atoms with van der Waals surface area (Å²) in [5.41, 5.74) is 2.35. The predicted molar refractivity (Wildman–Crippen MR) is 246 cm³/mol. The fraction of sp³-hybridized carbons (Fsp3) is 0.373. The molecule has 0 aromatic heterocycles. The maximum Gasteiger partial charge on any atom is 0.338 e. The lowest BCUT2D eigenvalue weighted by Crippen LogP contribution is -2.48. The maximum atomic E-state index is 13.8. The van der Waals surface area contributed by atoms with E-state index in [0.29, 0.717) is 47.1 Å². The Morgan fingerprint density at radius 1 is 0.726 bits per heavy atom. The smallest absolute Gasteiger partial charge is 0.338 e. The third kappa shape index (κ3) is 10.6. The van der Waals surface area contributed by atoms with Crippen LogP contribution in [-0.2, 0) is 26.1 Å². The summed E-state index contributed by atoms with van der Waals surface area (Å²) in [6.07, 6.45) is 2.75. The lowest BCUT2D eigenvalue weighted by Gasteiger charge is -2.41. The Morgan fingerprint density at radius 3 is 1.63 bits per heavy atom. The van der Waals surface area contributed by atoms with Gasteiger partial charge in [-0.25, -0.2) is 4.79 Å². The number of piperidine rings is 1. The van der Waals surface area contributed by atoms with Crippen molar-refractivity contribution in [3.8, 4) is 17.2 Å². The normalized spacial score (nSPS) is 14.8. The molecule has 1 unspecified atom stereocenters. The van der Waals surface area contributed by atoms with E-state index in [2.05, 4.69) is 53.1 Å². The highest BCUT2D eigenvalue weighted by atomic mass is 35.5.